The molecule has 2 bridgehead atoms. The monoisotopic (exact) mass is 736 g/mol. The quantitative estimate of drug-likeness (QED) is 0.251. The topological polar surface area (TPSA) is 133 Å². The van der Waals surface area contributed by atoms with Gasteiger partial charge in [-0.2, -0.15) is 5.10 Å². The number of aliphatic carboxylic acids is 1. The second kappa shape index (κ2) is 13.1. The summed E-state index contributed by atoms with van der Waals surface area (Å²) in [7, 11) is 0. The Labute approximate surface area is 318 Å². The summed E-state index contributed by atoms with van der Waals surface area (Å²) in [6.07, 6.45) is 11.1. The molecule has 5 fully saturated rings. The zero-order valence-electron chi connectivity index (χ0n) is 34.4. The Kier molecular flexibility index (Phi) is 9.66. The minimum atomic E-state index is -0.651. The highest BCUT2D eigenvalue weighted by Gasteiger charge is 2.73. The molecule has 3 heterocycles. The van der Waals surface area contributed by atoms with E-state index in [0.717, 1.165) is 58.0 Å². The molecule has 53 heavy (non-hydrogen) atoms. The molecule has 2 aliphatic heterocycles. The average molecular weight is 736 g/mol. The molecule has 7 rings (SSSR count). The fourth-order valence-electron chi connectivity index (χ4n) is 13.2. The van der Waals surface area contributed by atoms with Crippen LogP contribution < -0.4 is 5.73 Å². The van der Waals surface area contributed by atoms with Gasteiger partial charge in [-0.15, -0.1) is 0 Å². The summed E-state index contributed by atoms with van der Waals surface area (Å²) < 4.78 is 16.0. The zero-order valence-corrected chi connectivity index (χ0v) is 34.4. The van der Waals surface area contributed by atoms with Crippen molar-refractivity contribution in [3.05, 3.63) is 23.8 Å². The summed E-state index contributed by atoms with van der Waals surface area (Å²) in [6, 6.07) is -0.249. The Morgan fingerprint density at radius 3 is 2.40 bits per heavy atom. The van der Waals surface area contributed by atoms with Gasteiger partial charge in [-0.1, -0.05) is 74.0 Å². The summed E-state index contributed by atoms with van der Waals surface area (Å²) in [5.41, 5.74) is 6.17. The molecule has 10 nitrogen and oxygen atoms in total. The molecule has 1 aromatic rings. The molecule has 3 saturated carbocycles. The van der Waals surface area contributed by atoms with Gasteiger partial charge in [-0.25, -0.2) is 9.67 Å². The molecule has 1 aromatic heterocycles. The fraction of sp³-hybridized carbons (Fsp3) is 0.860. The van der Waals surface area contributed by atoms with Crippen molar-refractivity contribution in [3.63, 3.8) is 0 Å². The molecule has 3 N–H and O–H groups in total. The van der Waals surface area contributed by atoms with Gasteiger partial charge in [0, 0.05) is 24.0 Å². The van der Waals surface area contributed by atoms with Gasteiger partial charge in [0.1, 0.15) is 6.33 Å². The lowest BCUT2D eigenvalue weighted by molar-refractivity contribution is -0.254. The summed E-state index contributed by atoms with van der Waals surface area (Å²) in [5, 5.41) is 16.0. The molecule has 4 aliphatic carbocycles. The number of hydrogen-bond acceptors (Lipinski definition) is 7. The van der Waals surface area contributed by atoms with Crippen LogP contribution >= 0.6 is 0 Å². The molecule has 296 valence electrons. The van der Waals surface area contributed by atoms with Crippen LogP contribution in [0.15, 0.2) is 18.0 Å². The third-order valence-corrected chi connectivity index (χ3v) is 17.4. The van der Waals surface area contributed by atoms with Crippen LogP contribution in [0, 0.1) is 62.6 Å². The molecular weight excluding hydrogens is 667 g/mol. The maximum Gasteiger partial charge on any atom is 0.307 e. The van der Waals surface area contributed by atoms with Gasteiger partial charge in [0.2, 0.25) is 5.82 Å². The normalized spacial score (nSPS) is 42.7. The van der Waals surface area contributed by atoms with E-state index in [2.05, 4.69) is 80.3 Å². The van der Waals surface area contributed by atoms with Crippen molar-refractivity contribution in [2.45, 2.75) is 138 Å². The van der Waals surface area contributed by atoms with Crippen LogP contribution in [0.4, 0.5) is 0 Å². The third-order valence-electron chi connectivity index (χ3n) is 17.4. The van der Waals surface area contributed by atoms with E-state index in [4.69, 9.17) is 20.3 Å². The van der Waals surface area contributed by atoms with Gasteiger partial charge in [0.05, 0.1) is 37.9 Å². The van der Waals surface area contributed by atoms with Gasteiger partial charge in [0.15, 0.2) is 0 Å². The number of likely N-dealkylation sites (tertiary alicyclic amines) is 1. The fourth-order valence-corrected chi connectivity index (χ4v) is 13.2. The number of ether oxygens (including phenoxy) is 2. The van der Waals surface area contributed by atoms with Crippen LogP contribution in [-0.2, 0) is 14.3 Å². The molecule has 0 aromatic carbocycles. The number of hydrogen-bond donors (Lipinski definition) is 2. The highest BCUT2D eigenvalue weighted by Crippen LogP contribution is 2.75. The summed E-state index contributed by atoms with van der Waals surface area (Å²) in [5.74, 6) is 0.569. The van der Waals surface area contributed by atoms with Gasteiger partial charge < -0.3 is 25.2 Å². The van der Waals surface area contributed by atoms with Gasteiger partial charge in [0.25, 0.3) is 5.91 Å². The highest BCUT2D eigenvalue weighted by molar-refractivity contribution is 5.90. The number of rotatable bonds is 9. The number of carbonyl (C=O) groups is 2. The second-order valence-corrected chi connectivity index (χ2v) is 20.6. The largest absolute Gasteiger partial charge is 0.481 e. The van der Waals surface area contributed by atoms with E-state index in [9.17, 15) is 14.7 Å². The Bertz CT molecular complexity index is 1610. The number of fused-ring (bicyclic) bond motifs is 3. The first-order chi connectivity index (χ1) is 24.8. The van der Waals surface area contributed by atoms with Crippen molar-refractivity contribution in [1.29, 1.82) is 0 Å². The van der Waals surface area contributed by atoms with Crippen molar-refractivity contribution < 1.29 is 24.2 Å². The summed E-state index contributed by atoms with van der Waals surface area (Å²) >= 11 is 0. The van der Waals surface area contributed by atoms with Crippen LogP contribution in [0.3, 0.4) is 0 Å². The van der Waals surface area contributed by atoms with Crippen LogP contribution in [0.2, 0.25) is 0 Å². The lowest BCUT2D eigenvalue weighted by Gasteiger charge is -2.71. The number of amides is 1. The Morgan fingerprint density at radius 1 is 1.06 bits per heavy atom. The van der Waals surface area contributed by atoms with E-state index in [1.807, 2.05) is 9.58 Å². The van der Waals surface area contributed by atoms with Crippen LogP contribution in [0.1, 0.15) is 137 Å². The predicted molar refractivity (Wildman–Crippen MR) is 205 cm³/mol. The summed E-state index contributed by atoms with van der Waals surface area (Å²) in [6.45, 7) is 25.5. The zero-order chi connectivity index (χ0) is 38.5. The SMILES string of the molecule is CC(C)[C@@H](C)[C@@]1(C)CC[C@]2(C)[C@H]3CC[C@@H]4[C@@]5(C)COC[C@@]4(C3=CC[C@@]2(C)[C@@H]1C(=O)O)[C@@H](OC[C@](C)(N)C(C)C)[C@H](n1ncnc1C(=O)N1CCCC1)C5. The highest BCUT2D eigenvalue weighted by atomic mass is 16.5. The van der Waals surface area contributed by atoms with Gasteiger partial charge in [-0.05, 0) is 110 Å². The van der Waals surface area contributed by atoms with E-state index in [1.165, 1.54) is 5.57 Å². The number of carboxylic acids is 1. The molecular formula is C43H69N5O5. The smallest absolute Gasteiger partial charge is 0.307 e. The molecule has 0 radical (unpaired) electrons. The molecule has 2 saturated heterocycles. The van der Waals surface area contributed by atoms with Gasteiger partial charge >= 0.3 is 5.97 Å². The Balaban J connectivity index is 1.38. The predicted octanol–water partition coefficient (Wildman–Crippen LogP) is 7.40. The number of allylic oxidation sites excluding steroid dienone is 1. The molecule has 0 unspecified atom stereocenters. The van der Waals surface area contributed by atoms with Crippen molar-refractivity contribution >= 4 is 11.9 Å². The second-order valence-electron chi connectivity index (χ2n) is 20.6. The van der Waals surface area contributed by atoms with Crippen molar-refractivity contribution in [2.24, 2.45) is 68.3 Å². The number of aromatic nitrogens is 3. The first-order valence-electron chi connectivity index (χ1n) is 20.9. The molecule has 0 spiro atoms. The van der Waals surface area contributed by atoms with Crippen molar-refractivity contribution in [1.82, 2.24) is 19.7 Å². The third kappa shape index (κ3) is 5.55. The first-order valence-corrected chi connectivity index (χ1v) is 20.9. The number of nitrogens with two attached hydrogens (primary N) is 1. The maximum atomic E-state index is 14.0. The molecule has 10 heteroatoms. The minimum absolute atomic E-state index is 0.0574. The van der Waals surface area contributed by atoms with E-state index < -0.39 is 28.3 Å². The van der Waals surface area contributed by atoms with Crippen molar-refractivity contribution in [3.8, 4) is 0 Å². The van der Waals surface area contributed by atoms with E-state index in [1.54, 1.807) is 6.33 Å². The lowest BCUT2D eigenvalue weighted by Crippen LogP contribution is -2.70. The summed E-state index contributed by atoms with van der Waals surface area (Å²) in [4.78, 5) is 34.2. The van der Waals surface area contributed by atoms with Crippen LogP contribution in [0.5, 0.6) is 0 Å². The minimum Gasteiger partial charge on any atom is -0.481 e. The van der Waals surface area contributed by atoms with Gasteiger partial charge in [-0.3, -0.25) is 9.59 Å². The standard InChI is InChI=1S/C43H69N5O5/c1-26(2)28(5)39(7)17-18-40(8)29-13-14-32-38(6)21-31(48-35(45-25-46-48)36(49)47-19-11-12-20-47)34(53-23-42(10,44)27(3)4)43(32,24-52-22-38)30(29)15-16-41(40,9)33(39)37(50)51/h15,25-29,31-34H,11-14,16-24,44H2,1-10H3,(H,50,51)/t28-,29+,31-,32-,33-,34+,38-,39-,40-,41+,42+,43+/m1/s1. The van der Waals surface area contributed by atoms with E-state index >= 15 is 0 Å². The Hall–Kier alpha value is -2.30. The van der Waals surface area contributed by atoms with Crippen molar-refractivity contribution in [2.75, 3.05) is 32.9 Å². The number of carbonyl (C=O) groups excluding carboxylic acids is 1. The lowest BCUT2D eigenvalue weighted by atomic mass is 9.34. The van der Waals surface area contributed by atoms with E-state index in [0.29, 0.717) is 43.9 Å². The first kappa shape index (κ1) is 39.0. The number of carboxylic acid groups (broad SMARTS) is 1. The molecule has 1 amide bonds. The number of nitrogens with zero attached hydrogens (tertiary/aromatic N) is 4. The maximum absolute atomic E-state index is 14.0. The Morgan fingerprint density at radius 2 is 1.75 bits per heavy atom. The molecule has 6 aliphatic rings. The van der Waals surface area contributed by atoms with Crippen LogP contribution in [-0.4, -0.2) is 81.2 Å². The average Bonchev–Trinajstić information content (AvgIpc) is 3.81. The van der Waals surface area contributed by atoms with Crippen LogP contribution in [0.25, 0.3) is 0 Å². The van der Waals surface area contributed by atoms with E-state index in [-0.39, 0.29) is 52.1 Å². The molecule has 12 atom stereocenters.